The molecule has 1 N–H and O–H groups in total. The second-order valence-corrected chi connectivity index (χ2v) is 7.59. The number of fused-ring (bicyclic) bond motifs is 1. The van der Waals surface area contributed by atoms with Crippen LogP contribution in [0.4, 0.5) is 5.69 Å². The number of halogens is 1. The van der Waals surface area contributed by atoms with Crippen molar-refractivity contribution in [1.29, 1.82) is 0 Å². The molecule has 0 aliphatic carbocycles. The van der Waals surface area contributed by atoms with Gasteiger partial charge in [-0.1, -0.05) is 54.1 Å². The van der Waals surface area contributed by atoms with Gasteiger partial charge in [-0.15, -0.1) is 0 Å². The minimum atomic E-state index is -1.62. The van der Waals surface area contributed by atoms with E-state index in [1.54, 1.807) is 35.5 Å². The average Bonchev–Trinajstić information content (AvgIpc) is 2.72. The molecule has 0 saturated carbocycles. The van der Waals surface area contributed by atoms with Gasteiger partial charge in [-0.2, -0.15) is 0 Å². The Morgan fingerprint density at radius 2 is 1.93 bits per heavy atom. The highest BCUT2D eigenvalue weighted by molar-refractivity contribution is 6.30. The fourth-order valence-corrected chi connectivity index (χ4v) is 4.27. The molecule has 5 nitrogen and oxygen atoms in total. The number of aliphatic hydroxyl groups is 1. The molecule has 2 unspecified atom stereocenters. The van der Waals surface area contributed by atoms with Gasteiger partial charge in [0.25, 0.3) is 5.91 Å². The summed E-state index contributed by atoms with van der Waals surface area (Å²) in [6, 6.07) is 16.5. The van der Waals surface area contributed by atoms with Crippen molar-refractivity contribution in [3.63, 3.8) is 0 Å². The summed E-state index contributed by atoms with van der Waals surface area (Å²) >= 11 is 6.13. The molecule has 2 atom stereocenters. The Balaban J connectivity index is 1.92. The van der Waals surface area contributed by atoms with E-state index in [9.17, 15) is 9.90 Å². The zero-order chi connectivity index (χ0) is 20.6. The predicted octanol–water partition coefficient (Wildman–Crippen LogP) is 3.84. The largest absolute Gasteiger partial charge is 0.377 e. The molecule has 148 valence electrons. The lowest BCUT2D eigenvalue weighted by atomic mass is 9.76. The third kappa shape index (κ3) is 3.21. The number of carbonyl (C=O) groups is 1. The number of benzene rings is 2. The maximum atomic E-state index is 13.5. The Morgan fingerprint density at radius 1 is 1.17 bits per heavy atom. The number of hydrogen-bond donors (Lipinski definition) is 1. The molecular formula is C23H21ClN2O3. The first-order chi connectivity index (χ1) is 14.0. The van der Waals surface area contributed by atoms with Crippen molar-refractivity contribution in [3.05, 3.63) is 94.3 Å². The number of pyridine rings is 1. The molecule has 0 saturated heterocycles. The van der Waals surface area contributed by atoms with Crippen LogP contribution in [0.15, 0.2) is 67.0 Å². The van der Waals surface area contributed by atoms with E-state index in [0.717, 1.165) is 11.1 Å². The summed E-state index contributed by atoms with van der Waals surface area (Å²) in [5.41, 5.74) is 1.80. The van der Waals surface area contributed by atoms with Crippen LogP contribution in [0.2, 0.25) is 5.02 Å². The summed E-state index contributed by atoms with van der Waals surface area (Å²) in [6.07, 6.45) is 2.20. The molecule has 1 amide bonds. The Kier molecular flexibility index (Phi) is 5.13. The second-order valence-electron chi connectivity index (χ2n) is 7.15. The van der Waals surface area contributed by atoms with Gasteiger partial charge in [0.2, 0.25) is 0 Å². The van der Waals surface area contributed by atoms with Crippen molar-refractivity contribution in [2.45, 2.75) is 25.2 Å². The van der Waals surface area contributed by atoms with Crippen LogP contribution in [-0.4, -0.2) is 29.2 Å². The quantitative estimate of drug-likeness (QED) is 0.712. The number of amides is 1. The number of hydrogen-bond acceptors (Lipinski definition) is 4. The molecule has 6 heteroatoms. The minimum Gasteiger partial charge on any atom is -0.377 e. The molecule has 0 spiro atoms. The van der Waals surface area contributed by atoms with E-state index >= 15 is 0 Å². The summed E-state index contributed by atoms with van der Waals surface area (Å²) in [5, 5.41) is 12.5. The van der Waals surface area contributed by atoms with Gasteiger partial charge in [0.15, 0.2) is 11.7 Å². The van der Waals surface area contributed by atoms with Crippen molar-refractivity contribution in [3.8, 4) is 0 Å². The molecule has 0 bridgehead atoms. The SMILES string of the molecule is COC1C(=O)N(Cc2cccc(Cl)c2)c2cncc(C)c2C1(O)c1ccccc1. The van der Waals surface area contributed by atoms with Crippen LogP contribution >= 0.6 is 11.6 Å². The van der Waals surface area contributed by atoms with E-state index in [-0.39, 0.29) is 5.91 Å². The summed E-state index contributed by atoms with van der Waals surface area (Å²) in [5.74, 6) is -0.335. The highest BCUT2D eigenvalue weighted by Gasteiger charge is 2.53. The lowest BCUT2D eigenvalue weighted by Gasteiger charge is -2.45. The topological polar surface area (TPSA) is 62.7 Å². The Morgan fingerprint density at radius 3 is 2.62 bits per heavy atom. The van der Waals surface area contributed by atoms with E-state index in [1.165, 1.54) is 7.11 Å². The lowest BCUT2D eigenvalue weighted by molar-refractivity contribution is -0.145. The first kappa shape index (κ1) is 19.6. The van der Waals surface area contributed by atoms with E-state index in [0.29, 0.717) is 28.4 Å². The minimum absolute atomic E-state index is 0.294. The van der Waals surface area contributed by atoms with Crippen molar-refractivity contribution < 1.29 is 14.6 Å². The molecule has 1 aliphatic rings. The number of anilines is 1. The maximum absolute atomic E-state index is 13.5. The van der Waals surface area contributed by atoms with Gasteiger partial charge in [-0.05, 0) is 35.7 Å². The van der Waals surface area contributed by atoms with E-state index < -0.39 is 11.7 Å². The summed E-state index contributed by atoms with van der Waals surface area (Å²) in [4.78, 5) is 19.4. The van der Waals surface area contributed by atoms with Gasteiger partial charge in [-0.25, -0.2) is 0 Å². The summed E-state index contributed by atoms with van der Waals surface area (Å²) in [6.45, 7) is 2.17. The molecule has 2 aromatic carbocycles. The van der Waals surface area contributed by atoms with E-state index in [4.69, 9.17) is 16.3 Å². The maximum Gasteiger partial charge on any atom is 0.260 e. The molecule has 1 aliphatic heterocycles. The van der Waals surface area contributed by atoms with Crippen molar-refractivity contribution in [2.24, 2.45) is 0 Å². The van der Waals surface area contributed by atoms with Crippen molar-refractivity contribution >= 4 is 23.2 Å². The lowest BCUT2D eigenvalue weighted by Crippen LogP contribution is -2.57. The van der Waals surface area contributed by atoms with Crippen LogP contribution in [0.1, 0.15) is 22.3 Å². The average molecular weight is 409 g/mol. The van der Waals surface area contributed by atoms with Crippen molar-refractivity contribution in [1.82, 2.24) is 4.98 Å². The molecule has 3 aromatic rings. The van der Waals surface area contributed by atoms with Crippen LogP contribution < -0.4 is 4.90 Å². The van der Waals surface area contributed by atoms with Gasteiger partial charge >= 0.3 is 0 Å². The van der Waals surface area contributed by atoms with E-state index in [2.05, 4.69) is 4.98 Å². The Bertz CT molecular complexity index is 1060. The van der Waals surface area contributed by atoms with Crippen LogP contribution in [0.5, 0.6) is 0 Å². The van der Waals surface area contributed by atoms with Crippen molar-refractivity contribution in [2.75, 3.05) is 12.0 Å². The molecule has 29 heavy (non-hydrogen) atoms. The normalized spacial score (nSPS) is 21.2. The fourth-order valence-electron chi connectivity index (χ4n) is 4.06. The number of methoxy groups -OCH3 is 1. The molecule has 0 radical (unpaired) electrons. The number of rotatable bonds is 4. The predicted molar refractivity (Wildman–Crippen MR) is 112 cm³/mol. The van der Waals surface area contributed by atoms with Gasteiger partial charge in [0.05, 0.1) is 18.4 Å². The first-order valence-corrected chi connectivity index (χ1v) is 9.66. The van der Waals surface area contributed by atoms with Crippen LogP contribution in [0, 0.1) is 6.92 Å². The number of aryl methyl sites for hydroxylation is 1. The molecule has 0 fully saturated rings. The van der Waals surface area contributed by atoms with Gasteiger partial charge < -0.3 is 14.7 Å². The molecule has 2 heterocycles. The summed E-state index contributed by atoms with van der Waals surface area (Å²) in [7, 11) is 1.44. The Hall–Kier alpha value is -2.73. The van der Waals surface area contributed by atoms with Crippen LogP contribution in [-0.2, 0) is 21.7 Å². The summed E-state index contributed by atoms with van der Waals surface area (Å²) < 4.78 is 5.59. The van der Waals surface area contributed by atoms with Gasteiger partial charge in [0, 0.05) is 23.9 Å². The zero-order valence-corrected chi connectivity index (χ0v) is 16.9. The fraction of sp³-hybridized carbons (Fsp3) is 0.217. The number of aromatic nitrogens is 1. The number of carbonyl (C=O) groups excluding carboxylic acids is 1. The van der Waals surface area contributed by atoms with Gasteiger partial charge in [0.1, 0.15) is 0 Å². The number of ether oxygens (including phenoxy) is 1. The monoisotopic (exact) mass is 408 g/mol. The van der Waals surface area contributed by atoms with Crippen LogP contribution in [0.25, 0.3) is 0 Å². The highest BCUT2D eigenvalue weighted by Crippen LogP contribution is 2.46. The molecule has 4 rings (SSSR count). The zero-order valence-electron chi connectivity index (χ0n) is 16.2. The number of nitrogens with zero attached hydrogens (tertiary/aromatic N) is 2. The Labute approximate surface area is 174 Å². The van der Waals surface area contributed by atoms with Gasteiger partial charge in [-0.3, -0.25) is 9.78 Å². The van der Waals surface area contributed by atoms with Crippen LogP contribution in [0.3, 0.4) is 0 Å². The molecular weight excluding hydrogens is 388 g/mol. The third-order valence-corrected chi connectivity index (χ3v) is 5.57. The highest BCUT2D eigenvalue weighted by atomic mass is 35.5. The molecule has 1 aromatic heterocycles. The second kappa shape index (κ2) is 7.59. The first-order valence-electron chi connectivity index (χ1n) is 9.28. The van der Waals surface area contributed by atoms with E-state index in [1.807, 2.05) is 43.3 Å². The third-order valence-electron chi connectivity index (χ3n) is 5.34. The smallest absolute Gasteiger partial charge is 0.260 e. The standard InChI is InChI=1S/C23H21ClN2O3/c1-15-12-25-13-19-20(15)23(28,17-8-4-3-5-9-17)21(29-2)22(27)26(19)14-16-7-6-10-18(24)11-16/h3-13,21,28H,14H2,1-2H3.